The topological polar surface area (TPSA) is 139 Å². The molecule has 0 amide bonds. The number of hydrogen-bond donors (Lipinski definition) is 2. The number of pyridine rings is 1. The van der Waals surface area contributed by atoms with Gasteiger partial charge < -0.3 is 19.8 Å². The number of fused-ring (bicyclic) bond motifs is 1. The number of esters is 1. The van der Waals surface area contributed by atoms with Crippen LogP contribution < -0.4 is 10.9 Å². The number of ether oxygens (including phenoxy) is 2. The number of benzene rings is 1. The molecule has 3 atom stereocenters. The lowest BCUT2D eigenvalue weighted by Gasteiger charge is -2.38. The highest BCUT2D eigenvalue weighted by molar-refractivity contribution is 7.84. The SMILES string of the molecule is COC(=O)[C@H]1CC[C@](CC#N)(n2nc(Nc3ccc(S(C)=O)cc3)c3c(=O)[nH]ccc32)CO1. The molecule has 0 spiro atoms. The Morgan fingerprint density at radius 1 is 1.42 bits per heavy atom. The second-order valence-corrected chi connectivity index (χ2v) is 9.23. The maximum absolute atomic E-state index is 12.7. The summed E-state index contributed by atoms with van der Waals surface area (Å²) in [5.74, 6) is -0.134. The Bertz CT molecular complexity index is 1300. The van der Waals surface area contributed by atoms with Crippen LogP contribution in [0.4, 0.5) is 11.5 Å². The van der Waals surface area contributed by atoms with E-state index in [1.165, 1.54) is 13.3 Å². The minimum atomic E-state index is -1.10. The van der Waals surface area contributed by atoms with E-state index >= 15 is 0 Å². The molecule has 10 nitrogen and oxygen atoms in total. The number of aromatic nitrogens is 3. The molecule has 1 fully saturated rings. The summed E-state index contributed by atoms with van der Waals surface area (Å²) >= 11 is 0. The first kappa shape index (κ1) is 22.7. The fourth-order valence-corrected chi connectivity index (χ4v) is 4.57. The van der Waals surface area contributed by atoms with Crippen molar-refractivity contribution in [3.05, 3.63) is 46.9 Å². The fourth-order valence-electron chi connectivity index (χ4n) is 4.05. The molecule has 1 aliphatic heterocycles. The van der Waals surface area contributed by atoms with Crippen molar-refractivity contribution in [2.45, 2.75) is 35.8 Å². The van der Waals surface area contributed by atoms with Gasteiger partial charge in [0, 0.05) is 33.8 Å². The highest BCUT2D eigenvalue weighted by Crippen LogP contribution is 2.37. The van der Waals surface area contributed by atoms with Gasteiger partial charge in [0.25, 0.3) is 5.56 Å². The third-order valence-electron chi connectivity index (χ3n) is 5.80. The number of nitriles is 1. The Balaban J connectivity index is 1.76. The Labute approximate surface area is 192 Å². The smallest absolute Gasteiger partial charge is 0.334 e. The van der Waals surface area contributed by atoms with Crippen molar-refractivity contribution in [2.24, 2.45) is 0 Å². The molecule has 2 N–H and O–H groups in total. The van der Waals surface area contributed by atoms with Gasteiger partial charge in [0.05, 0.1) is 37.3 Å². The van der Waals surface area contributed by atoms with Crippen LogP contribution in [0, 0.1) is 11.3 Å². The molecule has 2 aromatic heterocycles. The number of methoxy groups -OCH3 is 1. The van der Waals surface area contributed by atoms with Crippen LogP contribution in [0.1, 0.15) is 19.3 Å². The summed E-state index contributed by atoms with van der Waals surface area (Å²) in [5, 5.41) is 17.7. The van der Waals surface area contributed by atoms with Gasteiger partial charge in [-0.05, 0) is 43.2 Å². The fraction of sp³-hybridized carbons (Fsp3) is 0.364. The van der Waals surface area contributed by atoms with Gasteiger partial charge in [-0.15, -0.1) is 0 Å². The Morgan fingerprint density at radius 3 is 2.79 bits per heavy atom. The van der Waals surface area contributed by atoms with Crippen LogP contribution in [-0.4, -0.2) is 51.0 Å². The van der Waals surface area contributed by atoms with Crippen molar-refractivity contribution in [1.29, 1.82) is 5.26 Å². The van der Waals surface area contributed by atoms with E-state index in [4.69, 9.17) is 9.47 Å². The highest BCUT2D eigenvalue weighted by Gasteiger charge is 2.42. The summed E-state index contributed by atoms with van der Waals surface area (Å²) in [6.45, 7) is 0.0698. The van der Waals surface area contributed by atoms with Crippen LogP contribution in [-0.2, 0) is 30.6 Å². The maximum Gasteiger partial charge on any atom is 0.334 e. The number of H-pyrrole nitrogens is 1. The van der Waals surface area contributed by atoms with Crippen LogP contribution in [0.3, 0.4) is 0 Å². The molecule has 4 rings (SSSR count). The molecular weight excluding hydrogens is 446 g/mol. The summed E-state index contributed by atoms with van der Waals surface area (Å²) < 4.78 is 23.9. The van der Waals surface area contributed by atoms with Gasteiger partial charge in [0.2, 0.25) is 0 Å². The van der Waals surface area contributed by atoms with Crippen molar-refractivity contribution < 1.29 is 18.5 Å². The zero-order valence-corrected chi connectivity index (χ0v) is 19.0. The zero-order valence-electron chi connectivity index (χ0n) is 18.2. The zero-order chi connectivity index (χ0) is 23.6. The van der Waals surface area contributed by atoms with Crippen LogP contribution in [0.15, 0.2) is 46.2 Å². The predicted octanol–water partition coefficient (Wildman–Crippen LogP) is 2.17. The Hall–Kier alpha value is -3.49. The molecule has 0 bridgehead atoms. The number of rotatable bonds is 6. The summed E-state index contributed by atoms with van der Waals surface area (Å²) in [6.07, 6.45) is 3.31. The van der Waals surface area contributed by atoms with Gasteiger partial charge in [-0.2, -0.15) is 10.4 Å². The summed E-state index contributed by atoms with van der Waals surface area (Å²) in [4.78, 5) is 28.0. The van der Waals surface area contributed by atoms with E-state index in [1.54, 1.807) is 41.3 Å². The van der Waals surface area contributed by atoms with E-state index < -0.39 is 28.4 Å². The average Bonchev–Trinajstić information content (AvgIpc) is 3.20. The van der Waals surface area contributed by atoms with Crippen LogP contribution in [0.25, 0.3) is 10.9 Å². The number of hydrogen-bond acceptors (Lipinski definition) is 8. The van der Waals surface area contributed by atoms with Crippen molar-refractivity contribution in [3.63, 3.8) is 0 Å². The number of aromatic amines is 1. The number of carbonyl (C=O) groups is 1. The van der Waals surface area contributed by atoms with Gasteiger partial charge >= 0.3 is 5.97 Å². The van der Waals surface area contributed by atoms with Crippen LogP contribution in [0.5, 0.6) is 0 Å². The van der Waals surface area contributed by atoms with Gasteiger partial charge in [-0.3, -0.25) is 13.7 Å². The Morgan fingerprint density at radius 2 is 2.18 bits per heavy atom. The van der Waals surface area contributed by atoms with E-state index in [9.17, 15) is 19.1 Å². The number of carbonyl (C=O) groups excluding carboxylic acids is 1. The van der Waals surface area contributed by atoms with Gasteiger partial charge in [-0.25, -0.2) is 4.79 Å². The summed E-state index contributed by atoms with van der Waals surface area (Å²) in [5.41, 5.74) is 0.0273. The molecule has 1 unspecified atom stereocenters. The number of nitrogens with zero attached hydrogens (tertiary/aromatic N) is 3. The first-order chi connectivity index (χ1) is 15.9. The van der Waals surface area contributed by atoms with E-state index in [0.717, 1.165) is 0 Å². The molecule has 1 saturated heterocycles. The minimum Gasteiger partial charge on any atom is -0.467 e. The summed E-state index contributed by atoms with van der Waals surface area (Å²) in [6, 6.07) is 10.9. The first-order valence-electron chi connectivity index (χ1n) is 10.3. The van der Waals surface area contributed by atoms with Gasteiger partial charge in [0.1, 0.15) is 5.39 Å². The van der Waals surface area contributed by atoms with Crippen molar-refractivity contribution in [3.8, 4) is 6.07 Å². The third-order valence-corrected chi connectivity index (χ3v) is 6.74. The third kappa shape index (κ3) is 4.27. The molecule has 172 valence electrons. The molecule has 3 aromatic rings. The molecule has 1 aromatic carbocycles. The standard InChI is InChI=1S/C22H23N5O5S/c1-31-21(29)17-7-9-22(10-11-23,13-32-17)27-16-8-12-24-20(28)18(16)19(26-27)25-14-3-5-15(6-4-14)33(2)30/h3-6,8,12,17H,7,9-10,13H2,1-2H3,(H,24,28)(H,25,26)/t17-,22-,33?/m1/s1. The second kappa shape index (κ2) is 9.17. The van der Waals surface area contributed by atoms with Gasteiger partial charge in [0.15, 0.2) is 11.9 Å². The molecule has 3 heterocycles. The van der Waals surface area contributed by atoms with Crippen LogP contribution in [0.2, 0.25) is 0 Å². The van der Waals surface area contributed by atoms with E-state index in [-0.39, 0.29) is 18.6 Å². The minimum absolute atomic E-state index is 0.0698. The van der Waals surface area contributed by atoms with Crippen LogP contribution >= 0.6 is 0 Å². The van der Waals surface area contributed by atoms with Crippen molar-refractivity contribution >= 4 is 39.2 Å². The first-order valence-corrected chi connectivity index (χ1v) is 11.8. The Kier molecular flexibility index (Phi) is 6.31. The maximum atomic E-state index is 12.7. The molecule has 0 saturated carbocycles. The van der Waals surface area contributed by atoms with Gasteiger partial charge in [-0.1, -0.05) is 0 Å². The second-order valence-electron chi connectivity index (χ2n) is 7.85. The largest absolute Gasteiger partial charge is 0.467 e. The highest BCUT2D eigenvalue weighted by atomic mass is 32.2. The molecular formula is C22H23N5O5S. The monoisotopic (exact) mass is 469 g/mol. The van der Waals surface area contributed by atoms with E-state index in [1.807, 2.05) is 0 Å². The number of anilines is 2. The lowest BCUT2D eigenvalue weighted by Crippen LogP contribution is -2.47. The lowest BCUT2D eigenvalue weighted by molar-refractivity contribution is -0.162. The van der Waals surface area contributed by atoms with E-state index in [0.29, 0.717) is 40.1 Å². The lowest BCUT2D eigenvalue weighted by atomic mass is 9.87. The predicted molar refractivity (Wildman–Crippen MR) is 122 cm³/mol. The normalized spacial score (nSPS) is 21.3. The number of nitrogens with one attached hydrogen (secondary N) is 2. The molecule has 0 aliphatic carbocycles. The summed E-state index contributed by atoms with van der Waals surface area (Å²) in [7, 11) is 0.200. The van der Waals surface area contributed by atoms with E-state index in [2.05, 4.69) is 21.5 Å². The molecule has 33 heavy (non-hydrogen) atoms. The quantitative estimate of drug-likeness (QED) is 0.524. The molecule has 0 radical (unpaired) electrons. The van der Waals surface area contributed by atoms with Crippen molar-refractivity contribution in [1.82, 2.24) is 14.8 Å². The molecule has 1 aliphatic rings. The molecule has 11 heteroatoms. The van der Waals surface area contributed by atoms with Crippen molar-refractivity contribution in [2.75, 3.05) is 25.3 Å². The average molecular weight is 470 g/mol.